The summed E-state index contributed by atoms with van der Waals surface area (Å²) in [5.74, 6) is 2.82. The van der Waals surface area contributed by atoms with Gasteiger partial charge in [0, 0.05) is 44.4 Å². The van der Waals surface area contributed by atoms with Crippen LogP contribution in [-0.4, -0.2) is 75.5 Å². The fourth-order valence-corrected chi connectivity index (χ4v) is 4.74. The first-order chi connectivity index (χ1) is 17.2. The van der Waals surface area contributed by atoms with E-state index in [0.29, 0.717) is 49.1 Å². The van der Waals surface area contributed by atoms with Crippen molar-refractivity contribution < 1.29 is 23.7 Å². The van der Waals surface area contributed by atoms with Gasteiger partial charge in [-0.3, -0.25) is 4.79 Å². The van der Waals surface area contributed by atoms with Crippen molar-refractivity contribution in [2.45, 2.75) is 18.9 Å². The van der Waals surface area contributed by atoms with Crippen LogP contribution >= 0.6 is 0 Å². The highest BCUT2D eigenvalue weighted by Gasteiger charge is 2.27. The first-order valence-corrected chi connectivity index (χ1v) is 12.1. The molecule has 2 aliphatic heterocycles. The van der Waals surface area contributed by atoms with E-state index in [1.54, 1.807) is 14.2 Å². The van der Waals surface area contributed by atoms with Crippen molar-refractivity contribution >= 4 is 22.6 Å². The third-order valence-electron chi connectivity index (χ3n) is 6.66. The van der Waals surface area contributed by atoms with Gasteiger partial charge in [-0.05, 0) is 24.3 Å². The van der Waals surface area contributed by atoms with Crippen molar-refractivity contribution in [2.75, 3.05) is 58.5 Å². The number of benzene rings is 2. The fourth-order valence-electron chi connectivity index (χ4n) is 4.74. The molecule has 0 saturated carbocycles. The van der Waals surface area contributed by atoms with Gasteiger partial charge in [0.2, 0.25) is 5.75 Å². The Bertz CT molecular complexity index is 1160. The molecule has 2 aromatic carbocycles. The summed E-state index contributed by atoms with van der Waals surface area (Å²) in [6.45, 7) is 3.93. The highest BCUT2D eigenvalue weighted by atomic mass is 16.5. The molecule has 1 aromatic heterocycles. The summed E-state index contributed by atoms with van der Waals surface area (Å²) in [6, 6.07) is 15.4. The van der Waals surface area contributed by atoms with E-state index in [4.69, 9.17) is 23.9 Å². The number of para-hydroxylation sites is 2. The molecule has 8 nitrogen and oxygen atoms in total. The van der Waals surface area contributed by atoms with E-state index in [0.717, 1.165) is 42.7 Å². The molecule has 0 N–H and O–H groups in total. The molecule has 0 atom stereocenters. The van der Waals surface area contributed by atoms with Gasteiger partial charge in [-0.1, -0.05) is 24.3 Å². The Hall–Kier alpha value is -3.52. The number of nitrogens with zero attached hydrogens (tertiary/aromatic N) is 3. The molecule has 35 heavy (non-hydrogen) atoms. The smallest absolute Gasteiger partial charge is 0.254 e. The number of methoxy groups -OCH3 is 2. The van der Waals surface area contributed by atoms with Gasteiger partial charge < -0.3 is 28.7 Å². The highest BCUT2D eigenvalue weighted by Crippen LogP contribution is 2.38. The average Bonchev–Trinajstić information content (AvgIpc) is 2.93. The van der Waals surface area contributed by atoms with Crippen LogP contribution in [0.5, 0.6) is 17.2 Å². The number of morpholine rings is 1. The first kappa shape index (κ1) is 23.2. The molecule has 2 saturated heterocycles. The lowest BCUT2D eigenvalue weighted by Crippen LogP contribution is -2.41. The van der Waals surface area contributed by atoms with Crippen molar-refractivity contribution in [1.82, 2.24) is 9.88 Å². The van der Waals surface area contributed by atoms with Crippen molar-refractivity contribution in [2.24, 2.45) is 0 Å². The number of carbonyl (C=O) groups excluding carboxylic acids is 1. The maximum atomic E-state index is 13.4. The Balaban J connectivity index is 1.35. The molecule has 3 aromatic rings. The molecule has 5 rings (SSSR count). The molecule has 0 unspecified atom stereocenters. The minimum absolute atomic E-state index is 0.0337. The standard InChI is InChI=1S/C27H31N3O5/c1-32-23-8-5-9-24(33-2)26(23)35-19-10-12-29(13-11-19)25-18-21(20-6-3-4-7-22(20)28-25)27(31)30-14-16-34-17-15-30/h3-9,18-19H,10-17H2,1-2H3. The Morgan fingerprint density at radius 3 is 2.31 bits per heavy atom. The van der Waals surface area contributed by atoms with Crippen LogP contribution in [0.1, 0.15) is 23.2 Å². The molecule has 0 aliphatic carbocycles. The van der Waals surface area contributed by atoms with Crippen LogP contribution in [0.3, 0.4) is 0 Å². The first-order valence-electron chi connectivity index (χ1n) is 12.1. The maximum Gasteiger partial charge on any atom is 0.254 e. The predicted molar refractivity (Wildman–Crippen MR) is 134 cm³/mol. The van der Waals surface area contributed by atoms with Crippen LogP contribution in [0, 0.1) is 0 Å². The zero-order chi connectivity index (χ0) is 24.2. The van der Waals surface area contributed by atoms with Crippen LogP contribution in [0.15, 0.2) is 48.5 Å². The highest BCUT2D eigenvalue weighted by molar-refractivity contribution is 6.07. The number of anilines is 1. The van der Waals surface area contributed by atoms with Crippen molar-refractivity contribution in [3.8, 4) is 17.2 Å². The normalized spacial score (nSPS) is 16.9. The maximum absolute atomic E-state index is 13.4. The van der Waals surface area contributed by atoms with E-state index < -0.39 is 0 Å². The van der Waals surface area contributed by atoms with Crippen LogP contribution < -0.4 is 19.1 Å². The van der Waals surface area contributed by atoms with Crippen LogP contribution in [0.25, 0.3) is 10.9 Å². The Labute approximate surface area is 205 Å². The van der Waals surface area contributed by atoms with Gasteiger partial charge in [0.05, 0.1) is 38.5 Å². The summed E-state index contributed by atoms with van der Waals surface area (Å²) in [5, 5.41) is 0.884. The molecule has 0 spiro atoms. The van der Waals surface area contributed by atoms with Gasteiger partial charge >= 0.3 is 0 Å². The van der Waals surface area contributed by atoms with Gasteiger partial charge in [-0.2, -0.15) is 0 Å². The number of fused-ring (bicyclic) bond motifs is 1. The number of rotatable bonds is 6. The van der Waals surface area contributed by atoms with Crippen LogP contribution in [0.4, 0.5) is 5.82 Å². The Kier molecular flexibility index (Phi) is 6.90. The van der Waals surface area contributed by atoms with E-state index in [-0.39, 0.29) is 12.0 Å². The number of ether oxygens (including phenoxy) is 4. The summed E-state index contributed by atoms with van der Waals surface area (Å²) in [5.41, 5.74) is 1.53. The summed E-state index contributed by atoms with van der Waals surface area (Å²) >= 11 is 0. The zero-order valence-corrected chi connectivity index (χ0v) is 20.2. The molecular weight excluding hydrogens is 446 g/mol. The monoisotopic (exact) mass is 477 g/mol. The van der Waals surface area contributed by atoms with Crippen LogP contribution in [-0.2, 0) is 4.74 Å². The lowest BCUT2D eigenvalue weighted by atomic mass is 10.0. The second kappa shape index (κ2) is 10.4. The lowest BCUT2D eigenvalue weighted by Gasteiger charge is -2.34. The minimum atomic E-state index is 0.0337. The van der Waals surface area contributed by atoms with Gasteiger partial charge in [0.1, 0.15) is 11.9 Å². The van der Waals surface area contributed by atoms with Crippen LogP contribution in [0.2, 0.25) is 0 Å². The van der Waals surface area contributed by atoms with Gasteiger partial charge in [-0.15, -0.1) is 0 Å². The summed E-state index contributed by atoms with van der Waals surface area (Å²) in [7, 11) is 3.26. The molecule has 2 fully saturated rings. The van der Waals surface area contributed by atoms with E-state index in [1.165, 1.54) is 0 Å². The topological polar surface area (TPSA) is 73.4 Å². The number of hydrogen-bond donors (Lipinski definition) is 0. The molecule has 184 valence electrons. The SMILES string of the molecule is COc1cccc(OC)c1OC1CCN(c2cc(C(=O)N3CCOCC3)c3ccccc3n2)CC1. The third-order valence-corrected chi connectivity index (χ3v) is 6.66. The Morgan fingerprint density at radius 2 is 1.63 bits per heavy atom. The summed E-state index contributed by atoms with van der Waals surface area (Å²) in [4.78, 5) is 22.4. The van der Waals surface area contributed by atoms with Crippen molar-refractivity contribution in [3.05, 3.63) is 54.1 Å². The summed E-state index contributed by atoms with van der Waals surface area (Å²) < 4.78 is 22.7. The average molecular weight is 478 g/mol. The van der Waals surface area contributed by atoms with Crippen molar-refractivity contribution in [3.63, 3.8) is 0 Å². The molecular formula is C27H31N3O5. The fraction of sp³-hybridized carbons (Fsp3) is 0.407. The molecule has 1 amide bonds. The number of amides is 1. The molecule has 0 bridgehead atoms. The number of carbonyl (C=O) groups is 1. The number of piperidine rings is 1. The van der Waals surface area contributed by atoms with E-state index in [9.17, 15) is 4.79 Å². The van der Waals surface area contributed by atoms with Crippen molar-refractivity contribution in [1.29, 1.82) is 0 Å². The van der Waals surface area contributed by atoms with E-state index in [1.807, 2.05) is 53.4 Å². The zero-order valence-electron chi connectivity index (χ0n) is 20.2. The molecule has 8 heteroatoms. The molecule has 0 radical (unpaired) electrons. The predicted octanol–water partition coefficient (Wildman–Crippen LogP) is 3.77. The number of aromatic nitrogens is 1. The quantitative estimate of drug-likeness (QED) is 0.535. The summed E-state index contributed by atoms with van der Waals surface area (Å²) in [6.07, 6.45) is 1.68. The second-order valence-electron chi connectivity index (χ2n) is 8.75. The largest absolute Gasteiger partial charge is 0.493 e. The molecule has 2 aliphatic rings. The third kappa shape index (κ3) is 4.84. The number of hydrogen-bond acceptors (Lipinski definition) is 7. The van der Waals surface area contributed by atoms with E-state index >= 15 is 0 Å². The van der Waals surface area contributed by atoms with Gasteiger partial charge in [-0.25, -0.2) is 4.98 Å². The van der Waals surface area contributed by atoms with Gasteiger partial charge in [0.25, 0.3) is 5.91 Å². The lowest BCUT2D eigenvalue weighted by molar-refractivity contribution is 0.0304. The minimum Gasteiger partial charge on any atom is -0.493 e. The second-order valence-corrected chi connectivity index (χ2v) is 8.75. The van der Waals surface area contributed by atoms with E-state index in [2.05, 4.69) is 4.90 Å². The Morgan fingerprint density at radius 1 is 0.943 bits per heavy atom. The number of pyridine rings is 1. The van der Waals surface area contributed by atoms with Gasteiger partial charge in [0.15, 0.2) is 11.5 Å². The molecule has 3 heterocycles.